The van der Waals surface area contributed by atoms with Gasteiger partial charge in [-0.25, -0.2) is 0 Å². The Hall–Kier alpha value is -0.0400. The van der Waals surface area contributed by atoms with Crippen LogP contribution >= 0.6 is 0 Å². The summed E-state index contributed by atoms with van der Waals surface area (Å²) in [7, 11) is 2.02. The zero-order valence-electron chi connectivity index (χ0n) is 17.3. The number of fused-ring (bicyclic) bond motifs is 4. The molecule has 0 aliphatic heterocycles. The zero-order valence-corrected chi connectivity index (χ0v) is 17.3. The molecule has 5 saturated carbocycles. The van der Waals surface area contributed by atoms with E-state index < -0.39 is 0 Å². The quantitative estimate of drug-likeness (QED) is 0.582. The molecule has 25 heavy (non-hydrogen) atoms. The first kappa shape index (κ1) is 17.1. The van der Waals surface area contributed by atoms with E-state index in [1.807, 2.05) is 7.11 Å². The molecule has 5 fully saturated rings. The minimum absolute atomic E-state index is 0.566. The van der Waals surface area contributed by atoms with Crippen LogP contribution in [-0.4, -0.2) is 13.2 Å². The maximum absolute atomic E-state index is 6.24. The van der Waals surface area contributed by atoms with E-state index in [1.165, 1.54) is 57.8 Å². The third-order valence-electron chi connectivity index (χ3n) is 11.2. The Bertz CT molecular complexity index is 556. The monoisotopic (exact) mass is 344 g/mol. The first-order valence-corrected chi connectivity index (χ1v) is 11.4. The summed E-state index contributed by atoms with van der Waals surface area (Å²) >= 11 is 0. The second-order valence-corrected chi connectivity index (χ2v) is 11.3. The first-order chi connectivity index (χ1) is 11.9. The molecule has 0 bridgehead atoms. The molecule has 1 spiro atoms. The lowest BCUT2D eigenvalue weighted by atomic mass is 9.45. The summed E-state index contributed by atoms with van der Waals surface area (Å²) in [6.07, 6.45) is 13.9. The highest BCUT2D eigenvalue weighted by atomic mass is 16.5. The molecule has 5 aliphatic carbocycles. The van der Waals surface area contributed by atoms with E-state index in [0.717, 1.165) is 35.5 Å². The molecule has 0 aromatic rings. The fourth-order valence-electron chi connectivity index (χ4n) is 9.84. The van der Waals surface area contributed by atoms with Crippen LogP contribution in [0, 0.1) is 51.8 Å². The van der Waals surface area contributed by atoms with Gasteiger partial charge >= 0.3 is 0 Å². The van der Waals surface area contributed by atoms with E-state index in [2.05, 4.69) is 27.7 Å². The number of rotatable bonds is 3. The minimum atomic E-state index is 0.566. The van der Waals surface area contributed by atoms with Gasteiger partial charge < -0.3 is 4.74 Å². The van der Waals surface area contributed by atoms with Gasteiger partial charge in [0.25, 0.3) is 0 Å². The van der Waals surface area contributed by atoms with E-state index >= 15 is 0 Å². The van der Waals surface area contributed by atoms with Crippen molar-refractivity contribution in [2.45, 2.75) is 91.6 Å². The van der Waals surface area contributed by atoms with Crippen molar-refractivity contribution in [3.8, 4) is 0 Å². The predicted octanol–water partition coefficient (Wildman–Crippen LogP) is 6.32. The van der Waals surface area contributed by atoms with E-state index in [1.54, 1.807) is 0 Å². The number of hydrogen-bond acceptors (Lipinski definition) is 1. The van der Waals surface area contributed by atoms with E-state index in [9.17, 15) is 0 Å². The molecule has 5 rings (SSSR count). The van der Waals surface area contributed by atoms with E-state index in [0.29, 0.717) is 22.3 Å². The van der Waals surface area contributed by atoms with Crippen LogP contribution in [0.3, 0.4) is 0 Å². The van der Waals surface area contributed by atoms with Gasteiger partial charge in [0, 0.05) is 12.5 Å². The maximum atomic E-state index is 6.24. The predicted molar refractivity (Wildman–Crippen MR) is 103 cm³/mol. The molecular weight excluding hydrogens is 304 g/mol. The highest BCUT2D eigenvalue weighted by Crippen LogP contribution is 2.82. The van der Waals surface area contributed by atoms with Crippen LogP contribution in [0.1, 0.15) is 85.5 Å². The summed E-state index contributed by atoms with van der Waals surface area (Å²) in [6.45, 7) is 10.3. The number of hydrogen-bond donors (Lipinski definition) is 0. The number of methoxy groups -OCH3 is 1. The summed E-state index contributed by atoms with van der Waals surface area (Å²) in [5.74, 6) is 5.83. The Morgan fingerprint density at radius 2 is 1.84 bits per heavy atom. The van der Waals surface area contributed by atoms with Crippen LogP contribution in [0.2, 0.25) is 0 Å². The van der Waals surface area contributed by atoms with Crippen LogP contribution in [0.15, 0.2) is 0 Å². The maximum Gasteiger partial charge on any atom is 0.0638 e. The second-order valence-electron chi connectivity index (χ2n) is 11.3. The van der Waals surface area contributed by atoms with Crippen molar-refractivity contribution in [2.24, 2.45) is 51.8 Å². The van der Waals surface area contributed by atoms with E-state index in [4.69, 9.17) is 4.74 Å². The highest BCUT2D eigenvalue weighted by molar-refractivity contribution is 5.26. The molecular formula is C24H40O. The largest absolute Gasteiger partial charge is 0.381 e. The Morgan fingerprint density at radius 3 is 2.52 bits per heavy atom. The van der Waals surface area contributed by atoms with Crippen molar-refractivity contribution < 1.29 is 4.74 Å². The SMILES string of the molecule is CC[C@@H](C)[C@H]1CC[C@H]2[C@@H]3C[C@@H](OC)[C@]45C[C@H]4CC[C@]5(C)[C@H]3CC[C@]12C. The van der Waals surface area contributed by atoms with Crippen LogP contribution < -0.4 is 0 Å². The van der Waals surface area contributed by atoms with Gasteiger partial charge in [-0.05, 0) is 97.7 Å². The smallest absolute Gasteiger partial charge is 0.0638 e. The molecule has 0 amide bonds. The summed E-state index contributed by atoms with van der Waals surface area (Å²) in [5, 5.41) is 0. The van der Waals surface area contributed by atoms with Crippen LogP contribution in [0.4, 0.5) is 0 Å². The minimum Gasteiger partial charge on any atom is -0.381 e. The van der Waals surface area contributed by atoms with Gasteiger partial charge in [-0.1, -0.05) is 34.1 Å². The molecule has 5 aliphatic rings. The Labute approximate surface area is 155 Å². The Kier molecular flexibility index (Phi) is 3.60. The fraction of sp³-hybridized carbons (Fsp3) is 1.00. The topological polar surface area (TPSA) is 9.23 Å². The molecule has 0 aromatic carbocycles. The molecule has 0 aromatic heterocycles. The van der Waals surface area contributed by atoms with E-state index in [-0.39, 0.29) is 0 Å². The highest BCUT2D eigenvalue weighted by Gasteiger charge is 2.77. The van der Waals surface area contributed by atoms with Gasteiger partial charge in [-0.3, -0.25) is 0 Å². The summed E-state index contributed by atoms with van der Waals surface area (Å²) < 4.78 is 6.24. The average Bonchev–Trinajstić information content (AvgIpc) is 3.12. The van der Waals surface area contributed by atoms with Gasteiger partial charge in [-0.2, -0.15) is 0 Å². The average molecular weight is 345 g/mol. The third-order valence-corrected chi connectivity index (χ3v) is 11.2. The first-order valence-electron chi connectivity index (χ1n) is 11.4. The van der Waals surface area contributed by atoms with Crippen LogP contribution in [0.5, 0.6) is 0 Å². The van der Waals surface area contributed by atoms with Gasteiger partial charge in [0.2, 0.25) is 0 Å². The second kappa shape index (κ2) is 5.27. The Morgan fingerprint density at radius 1 is 1.04 bits per heavy atom. The van der Waals surface area contributed by atoms with Gasteiger partial charge in [0.1, 0.15) is 0 Å². The molecule has 142 valence electrons. The lowest BCUT2D eigenvalue weighted by Crippen LogP contribution is -2.57. The van der Waals surface area contributed by atoms with Crippen molar-refractivity contribution in [1.82, 2.24) is 0 Å². The van der Waals surface area contributed by atoms with Crippen LogP contribution in [0.25, 0.3) is 0 Å². The van der Waals surface area contributed by atoms with Gasteiger partial charge in [0.15, 0.2) is 0 Å². The molecule has 0 radical (unpaired) electrons. The van der Waals surface area contributed by atoms with Crippen molar-refractivity contribution >= 4 is 0 Å². The van der Waals surface area contributed by atoms with Crippen molar-refractivity contribution in [3.05, 3.63) is 0 Å². The van der Waals surface area contributed by atoms with Gasteiger partial charge in [-0.15, -0.1) is 0 Å². The molecule has 10 atom stereocenters. The third kappa shape index (κ3) is 1.85. The summed E-state index contributed by atoms with van der Waals surface area (Å²) in [6, 6.07) is 0. The molecule has 0 N–H and O–H groups in total. The zero-order chi connectivity index (χ0) is 17.6. The van der Waals surface area contributed by atoms with Crippen molar-refractivity contribution in [3.63, 3.8) is 0 Å². The molecule has 1 heteroatoms. The summed E-state index contributed by atoms with van der Waals surface area (Å²) in [5.41, 5.74) is 1.81. The van der Waals surface area contributed by atoms with Crippen LogP contribution in [-0.2, 0) is 4.74 Å². The van der Waals surface area contributed by atoms with Crippen molar-refractivity contribution in [2.75, 3.05) is 7.11 Å². The van der Waals surface area contributed by atoms with Gasteiger partial charge in [0.05, 0.1) is 6.10 Å². The summed E-state index contributed by atoms with van der Waals surface area (Å²) in [4.78, 5) is 0. The molecule has 0 heterocycles. The lowest BCUT2D eigenvalue weighted by molar-refractivity contribution is -0.161. The Balaban J connectivity index is 1.49. The lowest BCUT2D eigenvalue weighted by Gasteiger charge is -2.61. The molecule has 1 nitrogen and oxygen atoms in total. The number of ether oxygens (including phenoxy) is 1. The normalized spacial score (nSPS) is 60.4. The van der Waals surface area contributed by atoms with Crippen molar-refractivity contribution in [1.29, 1.82) is 0 Å². The standard InChI is InChI=1S/C24H40O/c1-6-15(2)18-7-8-19-17-13-21(25-5)24-14-16(24)9-12-23(24,4)20(17)10-11-22(18,19)3/h15-21H,6-14H2,1-5H3/t15-,16-,17+,18-,19+,20+,21-,22-,23-,24+/m1/s1. The molecule has 0 unspecified atom stereocenters. The fourth-order valence-corrected chi connectivity index (χ4v) is 9.84. The molecule has 0 saturated heterocycles.